The molecule has 26 heavy (non-hydrogen) atoms. The Morgan fingerprint density at radius 3 is 2.42 bits per heavy atom. The number of carbonyl (C=O) groups is 1. The minimum atomic E-state index is -4.38. The Hall–Kier alpha value is -2.03. The van der Waals surface area contributed by atoms with E-state index in [4.69, 9.17) is 0 Å². The third kappa shape index (κ3) is 3.87. The summed E-state index contributed by atoms with van der Waals surface area (Å²) >= 11 is 1.31. The Morgan fingerprint density at radius 1 is 1.15 bits per heavy atom. The summed E-state index contributed by atoms with van der Waals surface area (Å²) in [5.41, 5.74) is -0.402. The van der Waals surface area contributed by atoms with E-state index in [0.717, 1.165) is 48.8 Å². The Bertz CT molecular complexity index is 810. The number of nitrogens with one attached hydrogen (secondary N) is 1. The van der Waals surface area contributed by atoms with Gasteiger partial charge in [0.15, 0.2) is 5.16 Å². The van der Waals surface area contributed by atoms with Gasteiger partial charge in [0.1, 0.15) is 5.82 Å². The molecule has 0 bridgehead atoms. The lowest BCUT2D eigenvalue weighted by Gasteiger charge is -2.09. The van der Waals surface area contributed by atoms with Gasteiger partial charge in [-0.1, -0.05) is 11.8 Å². The molecule has 2 saturated carbocycles. The monoisotopic (exact) mass is 382 g/mol. The van der Waals surface area contributed by atoms with Crippen molar-refractivity contribution in [3.8, 4) is 0 Å². The van der Waals surface area contributed by atoms with E-state index in [1.807, 2.05) is 0 Å². The fraction of sp³-hybridized carbons (Fsp3) is 0.471. The van der Waals surface area contributed by atoms with Gasteiger partial charge in [-0.25, -0.2) is 0 Å². The molecule has 1 heterocycles. The van der Waals surface area contributed by atoms with Gasteiger partial charge in [0.05, 0.1) is 11.3 Å². The van der Waals surface area contributed by atoms with Crippen LogP contribution in [-0.4, -0.2) is 26.4 Å². The van der Waals surface area contributed by atoms with Crippen molar-refractivity contribution in [2.45, 2.75) is 49.0 Å². The average Bonchev–Trinajstić information content (AvgIpc) is 3.51. The zero-order valence-electron chi connectivity index (χ0n) is 13.8. The third-order valence-corrected chi connectivity index (χ3v) is 5.32. The zero-order valence-corrected chi connectivity index (χ0v) is 14.6. The number of amides is 1. The van der Waals surface area contributed by atoms with E-state index in [2.05, 4.69) is 20.1 Å². The number of hydrogen-bond donors (Lipinski definition) is 1. The maximum atomic E-state index is 12.6. The first-order chi connectivity index (χ1) is 12.4. The summed E-state index contributed by atoms with van der Waals surface area (Å²) in [5, 5.41) is 11.9. The van der Waals surface area contributed by atoms with Crippen LogP contribution in [0.15, 0.2) is 29.4 Å². The van der Waals surface area contributed by atoms with Crippen LogP contribution in [0.25, 0.3) is 0 Å². The molecule has 5 nitrogen and oxygen atoms in total. The summed E-state index contributed by atoms with van der Waals surface area (Å²) in [4.78, 5) is 12.1. The second-order valence-corrected chi connectivity index (χ2v) is 7.57. The molecule has 2 aliphatic carbocycles. The Labute approximate surface area is 152 Å². The van der Waals surface area contributed by atoms with Crippen LogP contribution in [-0.2, 0) is 11.0 Å². The molecule has 0 unspecified atom stereocenters. The second kappa shape index (κ2) is 6.61. The van der Waals surface area contributed by atoms with Gasteiger partial charge in [0.2, 0.25) is 5.91 Å². The second-order valence-electron chi connectivity index (χ2n) is 6.63. The average molecular weight is 382 g/mol. The van der Waals surface area contributed by atoms with E-state index >= 15 is 0 Å². The molecule has 138 valence electrons. The third-order valence-electron chi connectivity index (χ3n) is 4.37. The number of hydrogen-bond acceptors (Lipinski definition) is 4. The maximum absolute atomic E-state index is 12.6. The first-order valence-corrected chi connectivity index (χ1v) is 9.45. The van der Waals surface area contributed by atoms with Crippen LogP contribution in [0.4, 0.5) is 18.9 Å². The highest BCUT2D eigenvalue weighted by Gasteiger charge is 2.36. The Balaban J connectivity index is 1.36. The molecule has 1 aromatic heterocycles. The van der Waals surface area contributed by atoms with Gasteiger partial charge in [-0.2, -0.15) is 13.2 Å². The van der Waals surface area contributed by atoms with Crippen LogP contribution in [0.5, 0.6) is 0 Å². The van der Waals surface area contributed by atoms with E-state index in [9.17, 15) is 18.0 Å². The van der Waals surface area contributed by atoms with E-state index in [1.54, 1.807) is 0 Å². The van der Waals surface area contributed by atoms with Crippen molar-refractivity contribution in [3.63, 3.8) is 0 Å². The van der Waals surface area contributed by atoms with E-state index < -0.39 is 11.7 Å². The highest BCUT2D eigenvalue weighted by Crippen LogP contribution is 2.46. The van der Waals surface area contributed by atoms with Crippen LogP contribution in [0.1, 0.15) is 49.0 Å². The molecular weight excluding hydrogens is 365 g/mol. The fourth-order valence-electron chi connectivity index (χ4n) is 2.75. The number of halogens is 3. The molecule has 1 aromatic carbocycles. The first kappa shape index (κ1) is 17.4. The van der Waals surface area contributed by atoms with Crippen molar-refractivity contribution < 1.29 is 18.0 Å². The molecule has 2 aliphatic rings. The number of carbonyl (C=O) groups excluding carboxylic acids is 1. The molecule has 1 N–H and O–H groups in total. The van der Waals surface area contributed by atoms with Crippen LogP contribution >= 0.6 is 11.8 Å². The zero-order chi connectivity index (χ0) is 18.3. The number of rotatable bonds is 6. The molecule has 0 aliphatic heterocycles. The molecule has 2 fully saturated rings. The lowest BCUT2D eigenvalue weighted by atomic mass is 10.2. The van der Waals surface area contributed by atoms with Crippen molar-refractivity contribution in [2.75, 3.05) is 11.1 Å². The number of nitrogens with zero attached hydrogens (tertiary/aromatic N) is 3. The van der Waals surface area contributed by atoms with Crippen molar-refractivity contribution >= 4 is 23.4 Å². The van der Waals surface area contributed by atoms with Gasteiger partial charge < -0.3 is 9.88 Å². The fourth-order valence-corrected chi connectivity index (χ4v) is 3.56. The van der Waals surface area contributed by atoms with Crippen molar-refractivity contribution in [2.24, 2.45) is 0 Å². The van der Waals surface area contributed by atoms with Crippen molar-refractivity contribution in [1.29, 1.82) is 0 Å². The van der Waals surface area contributed by atoms with Gasteiger partial charge in [-0.15, -0.1) is 10.2 Å². The summed E-state index contributed by atoms with van der Waals surface area (Å²) in [6, 6.07) is 4.86. The summed E-state index contributed by atoms with van der Waals surface area (Å²) in [6.45, 7) is 0. The number of anilines is 1. The van der Waals surface area contributed by atoms with Crippen LogP contribution < -0.4 is 5.32 Å². The Morgan fingerprint density at radius 2 is 1.85 bits per heavy atom. The summed E-state index contributed by atoms with van der Waals surface area (Å²) in [6.07, 6.45) is 0.130. The van der Waals surface area contributed by atoms with Gasteiger partial charge in [0, 0.05) is 17.6 Å². The number of alkyl halides is 3. The van der Waals surface area contributed by atoms with E-state index in [-0.39, 0.29) is 11.7 Å². The standard InChI is InChI=1S/C17H17F3N4OS/c18-17(19,20)11-3-5-12(6-4-11)21-14(25)9-26-16-23-22-15(10-1-2-10)24(16)13-7-8-13/h3-6,10,13H,1-2,7-9H2,(H,21,25). The summed E-state index contributed by atoms with van der Waals surface area (Å²) in [7, 11) is 0. The van der Waals surface area contributed by atoms with Crippen LogP contribution in [0.2, 0.25) is 0 Å². The van der Waals surface area contributed by atoms with E-state index in [1.165, 1.54) is 23.9 Å². The molecule has 1 amide bonds. The first-order valence-electron chi connectivity index (χ1n) is 8.46. The predicted octanol–water partition coefficient (Wildman–Crippen LogP) is 4.24. The molecule has 4 rings (SSSR count). The minimum absolute atomic E-state index is 0.135. The van der Waals surface area contributed by atoms with Crippen LogP contribution in [0, 0.1) is 0 Å². The lowest BCUT2D eigenvalue weighted by molar-refractivity contribution is -0.137. The Kier molecular flexibility index (Phi) is 4.42. The highest BCUT2D eigenvalue weighted by molar-refractivity contribution is 7.99. The molecule has 0 radical (unpaired) electrons. The molecule has 9 heteroatoms. The number of thioether (sulfide) groups is 1. The molecule has 2 aromatic rings. The predicted molar refractivity (Wildman–Crippen MR) is 91.1 cm³/mol. The molecule has 0 spiro atoms. The number of aromatic nitrogens is 3. The van der Waals surface area contributed by atoms with Gasteiger partial charge >= 0.3 is 6.18 Å². The van der Waals surface area contributed by atoms with Crippen LogP contribution in [0.3, 0.4) is 0 Å². The lowest BCUT2D eigenvalue weighted by Crippen LogP contribution is -2.15. The molecule has 0 saturated heterocycles. The quantitative estimate of drug-likeness (QED) is 0.759. The van der Waals surface area contributed by atoms with Crippen molar-refractivity contribution in [3.05, 3.63) is 35.7 Å². The number of benzene rings is 1. The minimum Gasteiger partial charge on any atom is -0.325 e. The maximum Gasteiger partial charge on any atom is 0.416 e. The smallest absolute Gasteiger partial charge is 0.325 e. The normalized spacial score (nSPS) is 17.3. The summed E-state index contributed by atoms with van der Waals surface area (Å²) in [5.74, 6) is 1.38. The SMILES string of the molecule is O=C(CSc1nnc(C2CC2)n1C1CC1)Nc1ccc(C(F)(F)F)cc1. The van der Waals surface area contributed by atoms with Gasteiger partial charge in [-0.3, -0.25) is 4.79 Å². The largest absolute Gasteiger partial charge is 0.416 e. The van der Waals surface area contributed by atoms with E-state index in [0.29, 0.717) is 17.6 Å². The molecule has 0 atom stereocenters. The van der Waals surface area contributed by atoms with Gasteiger partial charge in [-0.05, 0) is 49.9 Å². The topological polar surface area (TPSA) is 59.8 Å². The highest BCUT2D eigenvalue weighted by atomic mass is 32.2. The van der Waals surface area contributed by atoms with Gasteiger partial charge in [0.25, 0.3) is 0 Å². The summed E-state index contributed by atoms with van der Waals surface area (Å²) < 4.78 is 39.8. The van der Waals surface area contributed by atoms with Crippen molar-refractivity contribution in [1.82, 2.24) is 14.8 Å². The molecular formula is C17H17F3N4OS.